The Labute approximate surface area is 389 Å². The lowest BCUT2D eigenvalue weighted by Crippen LogP contribution is -2.43. The summed E-state index contributed by atoms with van der Waals surface area (Å²) in [5.41, 5.74) is 6.70. The molecule has 2 aromatic carbocycles. The number of alkyl halides is 1. The van der Waals surface area contributed by atoms with Gasteiger partial charge in [-0.05, 0) is 140 Å². The van der Waals surface area contributed by atoms with E-state index in [0.29, 0.717) is 91.5 Å². The second-order valence-electron chi connectivity index (χ2n) is 17.6. The first-order chi connectivity index (χ1) is 31.1. The van der Waals surface area contributed by atoms with Crippen LogP contribution in [-0.4, -0.2) is 86.0 Å². The predicted octanol–water partition coefficient (Wildman–Crippen LogP) is 10.6. The number of hydrogen-bond donors (Lipinski definition) is 1. The number of rotatable bonds is 7. The Balaban J connectivity index is 0.000000204. The van der Waals surface area contributed by atoms with Crippen molar-refractivity contribution in [3.63, 3.8) is 0 Å². The molecule has 0 bridgehead atoms. The van der Waals surface area contributed by atoms with Gasteiger partial charge in [0.05, 0.1) is 0 Å². The van der Waals surface area contributed by atoms with Crippen LogP contribution in [0, 0.1) is 29.4 Å². The van der Waals surface area contributed by atoms with E-state index in [-0.39, 0.29) is 41.5 Å². The highest BCUT2D eigenvalue weighted by molar-refractivity contribution is 9.09. The smallest absolute Gasteiger partial charge is 0.410 e. The summed E-state index contributed by atoms with van der Waals surface area (Å²) in [4.78, 5) is 61.4. The zero-order chi connectivity index (χ0) is 48.3. The number of benzene rings is 2. The average molecular weight is 982 g/mol. The first-order valence-electron chi connectivity index (χ1n) is 21.3. The van der Waals surface area contributed by atoms with E-state index >= 15 is 0 Å². The van der Waals surface area contributed by atoms with Crippen LogP contribution < -0.4 is 5.73 Å². The molecule has 2 aliphatic rings. The third kappa shape index (κ3) is 14.9. The van der Waals surface area contributed by atoms with E-state index in [2.05, 4.69) is 25.9 Å². The normalized spacial score (nSPS) is 15.1. The fraction of sp³-hybridized carbons (Fsp3) is 0.396. The van der Waals surface area contributed by atoms with Gasteiger partial charge in [-0.2, -0.15) is 8.78 Å². The number of primary amides is 1. The van der Waals surface area contributed by atoms with Crippen LogP contribution >= 0.6 is 15.9 Å². The fourth-order valence-electron chi connectivity index (χ4n) is 6.85. The summed E-state index contributed by atoms with van der Waals surface area (Å²) in [6.07, 6.45) is 4.60. The van der Waals surface area contributed by atoms with Crippen LogP contribution in [-0.2, 0) is 14.3 Å². The van der Waals surface area contributed by atoms with Gasteiger partial charge < -0.3 is 29.4 Å². The standard InChI is InChI=1S/C24H25F2N3O3.C13H8BrF2NO.C11H20N2O3/c1-24(2,3)32-23(30)29-12-9-16(10-13-29)22-28-20(15-4-6-18(25)7-5-15)21(31-22)17-8-11-27-19(26)14-17;14-12(9-5-6-17-11(16)7-9)13(18)8-1-3-10(15)4-2-8;1-11(2,3)16-10(15)13-6-4-8(5-7-13)9(12)14/h4-8,11,14,16H,9-10,12-13H2,1-3H3;1-7,12H;8H,4-7H2,1-3H3,(H2,12,14). The zero-order valence-electron chi connectivity index (χ0n) is 37.5. The molecule has 2 aliphatic heterocycles. The molecule has 13 nitrogen and oxygen atoms in total. The lowest BCUT2D eigenvalue weighted by molar-refractivity contribution is -0.123. The van der Waals surface area contributed by atoms with Gasteiger partial charge in [0.25, 0.3) is 0 Å². The van der Waals surface area contributed by atoms with Crippen LogP contribution in [0.4, 0.5) is 27.2 Å². The predicted molar refractivity (Wildman–Crippen MR) is 241 cm³/mol. The maximum absolute atomic E-state index is 13.8. The van der Waals surface area contributed by atoms with E-state index in [1.807, 2.05) is 41.5 Å². The van der Waals surface area contributed by atoms with Crippen LogP contribution in [0.1, 0.15) is 99.8 Å². The molecule has 1 unspecified atom stereocenters. The minimum atomic E-state index is -0.680. The van der Waals surface area contributed by atoms with Crippen molar-refractivity contribution >= 4 is 39.8 Å². The summed E-state index contributed by atoms with van der Waals surface area (Å²) in [5, 5.41) is 0. The van der Waals surface area contributed by atoms with Crippen LogP contribution in [0.15, 0.2) is 89.6 Å². The number of ketones is 1. The topological polar surface area (TPSA) is 171 Å². The Morgan fingerprint density at radius 2 is 1.18 bits per heavy atom. The molecule has 5 aromatic rings. The van der Waals surface area contributed by atoms with E-state index in [0.717, 1.165) is 0 Å². The number of Topliss-reactive ketones (excluding diaryl/α,β-unsaturated/α-hetero) is 1. The molecule has 3 amide bonds. The molecule has 352 valence electrons. The number of hydrogen-bond acceptors (Lipinski definition) is 10. The van der Waals surface area contributed by atoms with Gasteiger partial charge in [-0.15, -0.1) is 0 Å². The number of ether oxygens (including phenoxy) is 2. The SMILES string of the molecule is CC(C)(C)OC(=O)N1CCC(C(N)=O)CC1.CC(C)(C)OC(=O)N1CCC(c2nc(-c3ccc(F)cc3)c(-c3ccnc(F)c3)o2)CC1.O=C(c1ccc(F)cc1)C(Br)c1ccnc(F)c1. The van der Waals surface area contributed by atoms with Gasteiger partial charge in [0, 0.05) is 73.2 Å². The van der Waals surface area contributed by atoms with Crippen LogP contribution in [0.25, 0.3) is 22.6 Å². The second kappa shape index (κ2) is 22.3. The second-order valence-corrected chi connectivity index (χ2v) is 18.6. The van der Waals surface area contributed by atoms with E-state index in [9.17, 15) is 36.7 Å². The van der Waals surface area contributed by atoms with Crippen molar-refractivity contribution in [3.05, 3.63) is 126 Å². The van der Waals surface area contributed by atoms with E-state index in [1.54, 1.807) is 34.1 Å². The Kier molecular flexibility index (Phi) is 17.2. The van der Waals surface area contributed by atoms with Crippen molar-refractivity contribution in [2.75, 3.05) is 26.2 Å². The number of aromatic nitrogens is 3. The molecule has 0 aliphatic carbocycles. The molecule has 0 spiro atoms. The number of likely N-dealkylation sites (tertiary alicyclic amines) is 2. The molecular formula is C48H53BrF4N6O7. The number of nitrogens with two attached hydrogens (primary N) is 1. The molecule has 1 atom stereocenters. The summed E-state index contributed by atoms with van der Waals surface area (Å²) in [6.45, 7) is 13.1. The Hall–Kier alpha value is -6.17. The monoisotopic (exact) mass is 980 g/mol. The summed E-state index contributed by atoms with van der Waals surface area (Å²) in [5.74, 6) is -1.77. The third-order valence-corrected chi connectivity index (χ3v) is 11.1. The van der Waals surface area contributed by atoms with E-state index < -0.39 is 33.7 Å². The number of piperidine rings is 2. The quantitative estimate of drug-likeness (QED) is 0.0716. The van der Waals surface area contributed by atoms with Crippen LogP contribution in [0.3, 0.4) is 0 Å². The highest BCUT2D eigenvalue weighted by Crippen LogP contribution is 2.38. The van der Waals surface area contributed by atoms with Crippen molar-refractivity contribution in [1.82, 2.24) is 24.8 Å². The van der Waals surface area contributed by atoms with Gasteiger partial charge in [0.2, 0.25) is 17.8 Å². The summed E-state index contributed by atoms with van der Waals surface area (Å²) < 4.78 is 69.7. The molecule has 2 fully saturated rings. The Bertz CT molecular complexity index is 2440. The molecule has 0 saturated carbocycles. The lowest BCUT2D eigenvalue weighted by atomic mass is 9.97. The molecule has 66 heavy (non-hydrogen) atoms. The maximum Gasteiger partial charge on any atom is 0.410 e. The minimum Gasteiger partial charge on any atom is -0.444 e. The highest BCUT2D eigenvalue weighted by Gasteiger charge is 2.32. The van der Waals surface area contributed by atoms with Gasteiger partial charge in [0.15, 0.2) is 17.4 Å². The Morgan fingerprint density at radius 3 is 1.67 bits per heavy atom. The number of nitrogens with zero attached hydrogens (tertiary/aromatic N) is 5. The van der Waals surface area contributed by atoms with Gasteiger partial charge in [0.1, 0.15) is 33.4 Å². The van der Waals surface area contributed by atoms with Crippen LogP contribution in [0.5, 0.6) is 0 Å². The van der Waals surface area contributed by atoms with E-state index in [1.165, 1.54) is 60.9 Å². The van der Waals surface area contributed by atoms with Gasteiger partial charge in [-0.3, -0.25) is 9.59 Å². The highest BCUT2D eigenvalue weighted by atomic mass is 79.9. The molecule has 3 aromatic heterocycles. The fourth-order valence-corrected chi connectivity index (χ4v) is 7.40. The van der Waals surface area contributed by atoms with Crippen molar-refractivity contribution in [2.24, 2.45) is 11.7 Å². The molecule has 5 heterocycles. The number of oxazole rings is 1. The number of halogens is 5. The molecule has 7 rings (SSSR count). The summed E-state index contributed by atoms with van der Waals surface area (Å²) >= 11 is 3.20. The number of carbonyl (C=O) groups is 4. The first kappa shape index (κ1) is 50.8. The Morgan fingerprint density at radius 1 is 0.697 bits per heavy atom. The van der Waals surface area contributed by atoms with Crippen molar-refractivity contribution in [2.45, 2.75) is 89.2 Å². The molecule has 2 N–H and O–H groups in total. The van der Waals surface area contributed by atoms with Gasteiger partial charge in [-0.25, -0.2) is 33.3 Å². The maximum atomic E-state index is 13.8. The summed E-state index contributed by atoms with van der Waals surface area (Å²) in [7, 11) is 0. The third-order valence-electron chi connectivity index (χ3n) is 10.2. The molecule has 0 radical (unpaired) electrons. The lowest BCUT2D eigenvalue weighted by Gasteiger charge is -2.32. The van der Waals surface area contributed by atoms with Crippen molar-refractivity contribution < 1.29 is 50.6 Å². The minimum absolute atomic E-state index is 0.00619. The molecular weight excluding hydrogens is 928 g/mol. The molecule has 2 saturated heterocycles. The largest absolute Gasteiger partial charge is 0.444 e. The zero-order valence-corrected chi connectivity index (χ0v) is 39.1. The van der Waals surface area contributed by atoms with E-state index in [4.69, 9.17) is 24.6 Å². The molecule has 18 heteroatoms. The summed E-state index contributed by atoms with van der Waals surface area (Å²) in [6, 6.07) is 16.8. The average Bonchev–Trinajstić information content (AvgIpc) is 3.72. The van der Waals surface area contributed by atoms with Gasteiger partial charge in [-0.1, -0.05) is 15.9 Å². The number of carbonyl (C=O) groups excluding carboxylic acids is 4. The number of amides is 3. The first-order valence-corrected chi connectivity index (χ1v) is 22.2. The van der Waals surface area contributed by atoms with Crippen molar-refractivity contribution in [3.8, 4) is 22.6 Å². The van der Waals surface area contributed by atoms with Gasteiger partial charge >= 0.3 is 12.2 Å². The van der Waals surface area contributed by atoms with Crippen molar-refractivity contribution in [1.29, 1.82) is 0 Å². The number of pyridine rings is 2. The van der Waals surface area contributed by atoms with Crippen LogP contribution in [0.2, 0.25) is 0 Å².